The molecule has 3 aromatic rings. The monoisotopic (exact) mass is 355 g/mol. The summed E-state index contributed by atoms with van der Waals surface area (Å²) < 4.78 is 1.89. The SMILES string of the molecule is C=CCNC(=O)Nc1ccc(NC(=O)Cc2cn3ccsc3n2)cc1. The molecule has 3 amide bonds. The molecule has 0 atom stereocenters. The van der Waals surface area contributed by atoms with Gasteiger partial charge in [-0.3, -0.25) is 9.20 Å². The summed E-state index contributed by atoms with van der Waals surface area (Å²) in [5.41, 5.74) is 2.01. The third-order valence-corrected chi connectivity index (χ3v) is 4.09. The first-order chi connectivity index (χ1) is 12.1. The number of carbonyl (C=O) groups excluding carboxylic acids is 2. The molecule has 3 N–H and O–H groups in total. The van der Waals surface area contributed by atoms with Gasteiger partial charge in [-0.2, -0.15) is 0 Å². The summed E-state index contributed by atoms with van der Waals surface area (Å²) in [4.78, 5) is 28.9. The molecule has 128 valence electrons. The summed E-state index contributed by atoms with van der Waals surface area (Å²) in [6.07, 6.45) is 5.56. The normalized spacial score (nSPS) is 10.4. The van der Waals surface area contributed by atoms with E-state index < -0.39 is 0 Å². The van der Waals surface area contributed by atoms with Crippen molar-refractivity contribution in [1.82, 2.24) is 14.7 Å². The Bertz CT molecular complexity index is 869. The quantitative estimate of drug-likeness (QED) is 0.594. The second-order valence-corrected chi connectivity index (χ2v) is 6.12. The summed E-state index contributed by atoms with van der Waals surface area (Å²) >= 11 is 1.53. The molecule has 25 heavy (non-hydrogen) atoms. The van der Waals surface area contributed by atoms with Gasteiger partial charge >= 0.3 is 6.03 Å². The molecule has 0 saturated heterocycles. The predicted molar refractivity (Wildman–Crippen MR) is 99.1 cm³/mol. The molecule has 0 radical (unpaired) electrons. The van der Waals surface area contributed by atoms with Crippen LogP contribution in [0.1, 0.15) is 5.69 Å². The molecule has 0 aliphatic rings. The molecule has 8 heteroatoms. The molecule has 0 unspecified atom stereocenters. The van der Waals surface area contributed by atoms with E-state index in [-0.39, 0.29) is 18.4 Å². The number of hydrogen-bond donors (Lipinski definition) is 3. The zero-order valence-corrected chi connectivity index (χ0v) is 14.2. The van der Waals surface area contributed by atoms with Gasteiger partial charge in [0.05, 0.1) is 12.1 Å². The summed E-state index contributed by atoms with van der Waals surface area (Å²) in [6.45, 7) is 3.92. The second-order valence-electron chi connectivity index (χ2n) is 5.25. The van der Waals surface area contributed by atoms with Crippen LogP contribution in [0.3, 0.4) is 0 Å². The van der Waals surface area contributed by atoms with Crippen molar-refractivity contribution in [1.29, 1.82) is 0 Å². The lowest BCUT2D eigenvalue weighted by Gasteiger charge is -2.08. The number of thiazole rings is 1. The van der Waals surface area contributed by atoms with Crippen LogP contribution in [0.4, 0.5) is 16.2 Å². The Labute approximate surface area is 148 Å². The third-order valence-electron chi connectivity index (χ3n) is 3.32. The van der Waals surface area contributed by atoms with Gasteiger partial charge in [0.25, 0.3) is 0 Å². The molecule has 0 aliphatic carbocycles. The average molecular weight is 355 g/mol. The third kappa shape index (κ3) is 4.45. The molecule has 7 nitrogen and oxygen atoms in total. The van der Waals surface area contributed by atoms with E-state index in [1.807, 2.05) is 22.2 Å². The number of imidazole rings is 1. The standard InChI is InChI=1S/C17H17N5O2S/c1-2-7-18-16(24)20-13-5-3-12(4-6-13)19-15(23)10-14-11-22-8-9-25-17(22)21-14/h2-6,8-9,11H,1,7,10H2,(H,19,23)(H2,18,20,24). The van der Waals surface area contributed by atoms with E-state index in [4.69, 9.17) is 0 Å². The van der Waals surface area contributed by atoms with Crippen molar-refractivity contribution in [2.45, 2.75) is 6.42 Å². The van der Waals surface area contributed by atoms with Crippen LogP contribution in [0.5, 0.6) is 0 Å². The van der Waals surface area contributed by atoms with E-state index in [1.165, 1.54) is 11.3 Å². The van der Waals surface area contributed by atoms with Crippen LogP contribution >= 0.6 is 11.3 Å². The van der Waals surface area contributed by atoms with Gasteiger partial charge in [-0.25, -0.2) is 9.78 Å². The van der Waals surface area contributed by atoms with Crippen LogP contribution in [0.15, 0.2) is 54.7 Å². The van der Waals surface area contributed by atoms with Crippen molar-refractivity contribution in [3.8, 4) is 0 Å². The molecular weight excluding hydrogens is 338 g/mol. The minimum Gasteiger partial charge on any atom is -0.334 e. The Balaban J connectivity index is 1.53. The Hall–Kier alpha value is -3.13. The first kappa shape index (κ1) is 16.7. The molecular formula is C17H17N5O2S. The Morgan fingerprint density at radius 1 is 1.20 bits per heavy atom. The fourth-order valence-electron chi connectivity index (χ4n) is 2.21. The Morgan fingerprint density at radius 3 is 2.60 bits per heavy atom. The number of hydrogen-bond acceptors (Lipinski definition) is 4. The van der Waals surface area contributed by atoms with E-state index in [1.54, 1.807) is 30.3 Å². The molecule has 0 bridgehead atoms. The molecule has 1 aromatic carbocycles. The highest BCUT2D eigenvalue weighted by Gasteiger charge is 2.09. The lowest BCUT2D eigenvalue weighted by molar-refractivity contribution is -0.115. The zero-order chi connectivity index (χ0) is 17.6. The number of nitrogens with zero attached hydrogens (tertiary/aromatic N) is 2. The van der Waals surface area contributed by atoms with Crippen LogP contribution in [0.25, 0.3) is 4.96 Å². The minimum absolute atomic E-state index is 0.143. The molecule has 3 rings (SSSR count). The number of aromatic nitrogens is 2. The lowest BCUT2D eigenvalue weighted by atomic mass is 10.2. The highest BCUT2D eigenvalue weighted by molar-refractivity contribution is 7.15. The first-order valence-electron chi connectivity index (χ1n) is 7.61. The predicted octanol–water partition coefficient (Wildman–Crippen LogP) is 2.88. The largest absolute Gasteiger partial charge is 0.334 e. The molecule has 0 aliphatic heterocycles. The fraction of sp³-hybridized carbons (Fsp3) is 0.118. The van der Waals surface area contributed by atoms with E-state index in [0.29, 0.717) is 17.9 Å². The Kier molecular flexibility index (Phi) is 5.10. The lowest BCUT2D eigenvalue weighted by Crippen LogP contribution is -2.28. The van der Waals surface area contributed by atoms with Crippen LogP contribution in [0.2, 0.25) is 0 Å². The van der Waals surface area contributed by atoms with Crippen molar-refractivity contribution in [3.63, 3.8) is 0 Å². The summed E-state index contributed by atoms with van der Waals surface area (Å²) in [6, 6.07) is 6.58. The van der Waals surface area contributed by atoms with Gasteiger partial charge in [0.2, 0.25) is 5.91 Å². The number of urea groups is 1. The number of benzene rings is 1. The van der Waals surface area contributed by atoms with Gasteiger partial charge in [-0.1, -0.05) is 6.08 Å². The van der Waals surface area contributed by atoms with E-state index in [2.05, 4.69) is 27.5 Å². The minimum atomic E-state index is -0.309. The molecule has 0 saturated carbocycles. The maximum absolute atomic E-state index is 12.1. The van der Waals surface area contributed by atoms with E-state index in [0.717, 1.165) is 10.7 Å². The maximum atomic E-state index is 12.1. The molecule has 0 spiro atoms. The van der Waals surface area contributed by atoms with Gasteiger partial charge < -0.3 is 16.0 Å². The number of carbonyl (C=O) groups is 2. The van der Waals surface area contributed by atoms with Crippen molar-refractivity contribution in [2.75, 3.05) is 17.2 Å². The average Bonchev–Trinajstić information content (AvgIpc) is 3.16. The number of amides is 3. The Morgan fingerprint density at radius 2 is 1.92 bits per heavy atom. The number of fused-ring (bicyclic) bond motifs is 1. The van der Waals surface area contributed by atoms with Crippen molar-refractivity contribution in [2.24, 2.45) is 0 Å². The van der Waals surface area contributed by atoms with Gasteiger partial charge in [-0.15, -0.1) is 17.9 Å². The smallest absolute Gasteiger partial charge is 0.319 e. The molecule has 0 fully saturated rings. The summed E-state index contributed by atoms with van der Waals surface area (Å²) in [5.74, 6) is -0.143. The molecule has 2 heterocycles. The van der Waals surface area contributed by atoms with E-state index in [9.17, 15) is 9.59 Å². The van der Waals surface area contributed by atoms with Crippen LogP contribution in [-0.2, 0) is 11.2 Å². The van der Waals surface area contributed by atoms with Gasteiger partial charge in [0.15, 0.2) is 4.96 Å². The highest BCUT2D eigenvalue weighted by Crippen LogP contribution is 2.15. The van der Waals surface area contributed by atoms with Gasteiger partial charge in [0.1, 0.15) is 0 Å². The van der Waals surface area contributed by atoms with Gasteiger partial charge in [0, 0.05) is 35.7 Å². The van der Waals surface area contributed by atoms with Crippen LogP contribution < -0.4 is 16.0 Å². The van der Waals surface area contributed by atoms with Gasteiger partial charge in [-0.05, 0) is 24.3 Å². The second kappa shape index (κ2) is 7.63. The summed E-state index contributed by atoms with van der Waals surface area (Å²) in [7, 11) is 0. The van der Waals surface area contributed by atoms with Crippen molar-refractivity contribution < 1.29 is 9.59 Å². The van der Waals surface area contributed by atoms with Crippen LogP contribution in [0, 0.1) is 0 Å². The first-order valence-corrected chi connectivity index (χ1v) is 8.49. The highest BCUT2D eigenvalue weighted by atomic mass is 32.1. The van der Waals surface area contributed by atoms with Crippen LogP contribution in [-0.4, -0.2) is 27.9 Å². The molecule has 2 aromatic heterocycles. The van der Waals surface area contributed by atoms with Crippen molar-refractivity contribution in [3.05, 3.63) is 60.4 Å². The fourth-order valence-corrected chi connectivity index (χ4v) is 2.93. The topological polar surface area (TPSA) is 87.5 Å². The van der Waals surface area contributed by atoms with Crippen molar-refractivity contribution >= 4 is 39.6 Å². The zero-order valence-electron chi connectivity index (χ0n) is 13.4. The van der Waals surface area contributed by atoms with E-state index >= 15 is 0 Å². The number of anilines is 2. The number of nitrogens with one attached hydrogen (secondary N) is 3. The summed E-state index contributed by atoms with van der Waals surface area (Å²) in [5, 5.41) is 10.1. The number of rotatable bonds is 6. The maximum Gasteiger partial charge on any atom is 0.319 e.